The van der Waals surface area contributed by atoms with Crippen LogP contribution in [0.25, 0.3) is 0 Å². The number of para-hydroxylation sites is 1. The Bertz CT molecular complexity index is 880. The summed E-state index contributed by atoms with van der Waals surface area (Å²) in [5.74, 6) is -0.590. The maximum atomic E-state index is 12.6. The Kier molecular flexibility index (Phi) is 5.33. The number of rotatable bonds is 6. The van der Waals surface area contributed by atoms with E-state index in [1.165, 1.54) is 11.0 Å². The molecule has 1 atom stereocenters. The molecular weight excluding hydrogens is 332 g/mol. The number of benzene rings is 2. The lowest BCUT2D eigenvalue weighted by atomic mass is 10.1. The van der Waals surface area contributed by atoms with Crippen LogP contribution >= 0.6 is 0 Å². The van der Waals surface area contributed by atoms with E-state index in [1.54, 1.807) is 24.3 Å². The van der Waals surface area contributed by atoms with Gasteiger partial charge >= 0.3 is 0 Å². The van der Waals surface area contributed by atoms with Crippen molar-refractivity contribution in [2.24, 2.45) is 0 Å². The fourth-order valence-electron chi connectivity index (χ4n) is 2.48. The monoisotopic (exact) mass is 350 g/mol. The van der Waals surface area contributed by atoms with Crippen molar-refractivity contribution < 1.29 is 9.59 Å². The number of amides is 2. The molecule has 0 saturated heterocycles. The zero-order valence-corrected chi connectivity index (χ0v) is 14.2. The Balaban J connectivity index is 1.70. The number of carbonyl (C=O) groups excluding carboxylic acids is 2. The third-order valence-electron chi connectivity index (χ3n) is 3.79. The number of carbonyl (C=O) groups is 2. The van der Waals surface area contributed by atoms with Crippen LogP contribution in [0.5, 0.6) is 0 Å². The first-order valence-electron chi connectivity index (χ1n) is 8.09. The number of hydrogen-bond acceptors (Lipinski definition) is 5. The highest BCUT2D eigenvalue weighted by molar-refractivity contribution is 6.03. The van der Waals surface area contributed by atoms with Crippen LogP contribution < -0.4 is 10.6 Å². The van der Waals surface area contributed by atoms with Gasteiger partial charge in [-0.2, -0.15) is 0 Å². The van der Waals surface area contributed by atoms with E-state index in [9.17, 15) is 9.59 Å². The maximum absolute atomic E-state index is 12.6. The standard InChI is InChI=1S/C18H18N6O2/c1-13(14-7-3-2-4-8-14)20-18(26)15-9-5-6-10-16(15)21-17(25)11-24-12-19-22-23-24/h2-10,12-13H,11H2,1H3,(H,20,26)(H,21,25)/t13-/m0/s1. The van der Waals surface area contributed by atoms with E-state index in [4.69, 9.17) is 0 Å². The molecule has 0 unspecified atom stereocenters. The molecule has 0 aliphatic carbocycles. The molecule has 0 saturated carbocycles. The van der Waals surface area contributed by atoms with Gasteiger partial charge in [0.2, 0.25) is 5.91 Å². The van der Waals surface area contributed by atoms with E-state index in [1.807, 2.05) is 37.3 Å². The molecule has 2 amide bonds. The van der Waals surface area contributed by atoms with Gasteiger partial charge in [0.1, 0.15) is 12.9 Å². The lowest BCUT2D eigenvalue weighted by Gasteiger charge is -2.16. The smallest absolute Gasteiger partial charge is 0.253 e. The van der Waals surface area contributed by atoms with E-state index >= 15 is 0 Å². The van der Waals surface area contributed by atoms with Crippen LogP contribution in [-0.2, 0) is 11.3 Å². The minimum atomic E-state index is -0.325. The van der Waals surface area contributed by atoms with Gasteiger partial charge < -0.3 is 10.6 Å². The van der Waals surface area contributed by atoms with E-state index in [2.05, 4.69) is 26.2 Å². The Morgan fingerprint density at radius 3 is 2.54 bits per heavy atom. The SMILES string of the molecule is C[C@H](NC(=O)c1ccccc1NC(=O)Cn1cnnn1)c1ccccc1. The van der Waals surface area contributed by atoms with Crippen molar-refractivity contribution in [1.82, 2.24) is 25.5 Å². The number of aromatic nitrogens is 4. The van der Waals surface area contributed by atoms with Gasteiger partial charge in [-0.25, -0.2) is 4.68 Å². The van der Waals surface area contributed by atoms with Gasteiger partial charge in [-0.05, 0) is 35.0 Å². The van der Waals surface area contributed by atoms with Crippen LogP contribution in [0.15, 0.2) is 60.9 Å². The molecule has 0 spiro atoms. The lowest BCUT2D eigenvalue weighted by Crippen LogP contribution is -2.28. The highest BCUT2D eigenvalue weighted by atomic mass is 16.2. The molecule has 8 heteroatoms. The van der Waals surface area contributed by atoms with Crippen molar-refractivity contribution in [3.63, 3.8) is 0 Å². The van der Waals surface area contributed by atoms with Gasteiger partial charge in [-0.3, -0.25) is 9.59 Å². The molecule has 1 heterocycles. The summed E-state index contributed by atoms with van der Waals surface area (Å²) in [6, 6.07) is 16.4. The van der Waals surface area contributed by atoms with Crippen molar-refractivity contribution in [1.29, 1.82) is 0 Å². The molecule has 2 N–H and O–H groups in total. The Hall–Kier alpha value is -3.55. The molecule has 0 bridgehead atoms. The zero-order chi connectivity index (χ0) is 18.4. The minimum absolute atomic E-state index is 0.0383. The summed E-state index contributed by atoms with van der Waals surface area (Å²) >= 11 is 0. The summed E-state index contributed by atoms with van der Waals surface area (Å²) in [7, 11) is 0. The fourth-order valence-corrected chi connectivity index (χ4v) is 2.48. The second-order valence-electron chi connectivity index (χ2n) is 5.71. The van der Waals surface area contributed by atoms with Crippen molar-refractivity contribution >= 4 is 17.5 Å². The van der Waals surface area contributed by atoms with E-state index in [-0.39, 0.29) is 24.4 Å². The Labute approximate surface area is 150 Å². The minimum Gasteiger partial charge on any atom is -0.345 e. The van der Waals surface area contributed by atoms with E-state index in [0.717, 1.165) is 5.56 Å². The van der Waals surface area contributed by atoms with Crippen LogP contribution in [0.3, 0.4) is 0 Å². The maximum Gasteiger partial charge on any atom is 0.253 e. The molecule has 0 aliphatic rings. The van der Waals surface area contributed by atoms with Gasteiger partial charge in [0, 0.05) is 0 Å². The van der Waals surface area contributed by atoms with Crippen LogP contribution in [0.1, 0.15) is 28.9 Å². The van der Waals surface area contributed by atoms with Crippen LogP contribution in [0.4, 0.5) is 5.69 Å². The van der Waals surface area contributed by atoms with Crippen LogP contribution in [-0.4, -0.2) is 32.0 Å². The summed E-state index contributed by atoms with van der Waals surface area (Å²) in [6.07, 6.45) is 1.35. The topological polar surface area (TPSA) is 102 Å². The first-order valence-corrected chi connectivity index (χ1v) is 8.09. The molecule has 3 rings (SSSR count). The zero-order valence-electron chi connectivity index (χ0n) is 14.2. The van der Waals surface area contributed by atoms with Crippen LogP contribution in [0, 0.1) is 0 Å². The lowest BCUT2D eigenvalue weighted by molar-refractivity contribution is -0.116. The van der Waals surface area contributed by atoms with Gasteiger partial charge in [0.25, 0.3) is 5.91 Å². The van der Waals surface area contributed by atoms with Crippen molar-refractivity contribution in [2.75, 3.05) is 5.32 Å². The fraction of sp³-hybridized carbons (Fsp3) is 0.167. The highest BCUT2D eigenvalue weighted by Crippen LogP contribution is 2.18. The second kappa shape index (κ2) is 8.02. The van der Waals surface area contributed by atoms with Crippen molar-refractivity contribution in [3.8, 4) is 0 Å². The molecular formula is C18H18N6O2. The van der Waals surface area contributed by atoms with E-state index < -0.39 is 0 Å². The van der Waals surface area contributed by atoms with Gasteiger partial charge in [-0.1, -0.05) is 42.5 Å². The van der Waals surface area contributed by atoms with Gasteiger partial charge in [0.15, 0.2) is 0 Å². The second-order valence-corrected chi connectivity index (χ2v) is 5.71. The molecule has 1 aromatic heterocycles. The molecule has 0 aliphatic heterocycles. The van der Waals surface area contributed by atoms with Gasteiger partial charge in [0.05, 0.1) is 17.3 Å². The number of tetrazole rings is 1. The molecule has 8 nitrogen and oxygen atoms in total. The molecule has 2 aromatic carbocycles. The molecule has 0 radical (unpaired) electrons. The van der Waals surface area contributed by atoms with Gasteiger partial charge in [-0.15, -0.1) is 5.10 Å². The average Bonchev–Trinajstić information content (AvgIpc) is 3.15. The first-order chi connectivity index (χ1) is 12.6. The predicted octanol–water partition coefficient (Wildman–Crippen LogP) is 1.80. The number of hydrogen-bond donors (Lipinski definition) is 2. The summed E-state index contributed by atoms with van der Waals surface area (Å²) in [6.45, 7) is 1.87. The summed E-state index contributed by atoms with van der Waals surface area (Å²) in [5.41, 5.74) is 1.82. The molecule has 3 aromatic rings. The molecule has 0 fully saturated rings. The highest BCUT2D eigenvalue weighted by Gasteiger charge is 2.16. The largest absolute Gasteiger partial charge is 0.345 e. The molecule has 26 heavy (non-hydrogen) atoms. The summed E-state index contributed by atoms with van der Waals surface area (Å²) in [4.78, 5) is 24.8. The predicted molar refractivity (Wildman–Crippen MR) is 95.2 cm³/mol. The summed E-state index contributed by atoms with van der Waals surface area (Å²) in [5, 5.41) is 16.3. The molecule has 132 valence electrons. The third-order valence-corrected chi connectivity index (χ3v) is 3.79. The van der Waals surface area contributed by atoms with Crippen molar-refractivity contribution in [2.45, 2.75) is 19.5 Å². The average molecular weight is 350 g/mol. The normalized spacial score (nSPS) is 11.6. The third kappa shape index (κ3) is 4.29. The van der Waals surface area contributed by atoms with Crippen LogP contribution in [0.2, 0.25) is 0 Å². The first kappa shape index (κ1) is 17.3. The summed E-state index contributed by atoms with van der Waals surface area (Å²) < 4.78 is 1.30. The number of nitrogens with zero attached hydrogens (tertiary/aromatic N) is 4. The van der Waals surface area contributed by atoms with Crippen molar-refractivity contribution in [3.05, 3.63) is 72.1 Å². The number of anilines is 1. The Morgan fingerprint density at radius 2 is 1.81 bits per heavy atom. The van der Waals surface area contributed by atoms with E-state index in [0.29, 0.717) is 11.3 Å². The number of nitrogens with one attached hydrogen (secondary N) is 2. The quantitative estimate of drug-likeness (QED) is 0.706. The Morgan fingerprint density at radius 1 is 1.08 bits per heavy atom.